The van der Waals surface area contributed by atoms with Gasteiger partial charge < -0.3 is 15.8 Å². The number of nitrogens with one attached hydrogen (secondary N) is 1. The number of H-pyrrole nitrogens is 1. The van der Waals surface area contributed by atoms with Crippen molar-refractivity contribution in [1.82, 2.24) is 4.98 Å². The topological polar surface area (TPSA) is 79.1 Å². The molecule has 0 unspecified atom stereocenters. The van der Waals surface area contributed by atoms with E-state index in [1.807, 2.05) is 31.2 Å². The summed E-state index contributed by atoms with van der Waals surface area (Å²) < 4.78 is 0. The van der Waals surface area contributed by atoms with Gasteiger partial charge in [-0.15, -0.1) is 0 Å². The van der Waals surface area contributed by atoms with Crippen LogP contribution in [0.1, 0.15) is 23.7 Å². The van der Waals surface area contributed by atoms with E-state index in [-0.39, 0.29) is 6.42 Å². The number of nitrogens with two attached hydrogens (primary N) is 1. The number of hydrogen-bond acceptors (Lipinski definition) is 2. The average molecular weight is 218 g/mol. The second-order valence-corrected chi connectivity index (χ2v) is 3.91. The molecule has 0 bridgehead atoms. The molecule has 0 fully saturated rings. The Balaban J connectivity index is 2.50. The minimum absolute atomic E-state index is 0.0529. The van der Waals surface area contributed by atoms with E-state index >= 15 is 0 Å². The van der Waals surface area contributed by atoms with Crippen molar-refractivity contribution >= 4 is 16.9 Å². The first kappa shape index (κ1) is 10.7. The summed E-state index contributed by atoms with van der Waals surface area (Å²) in [5, 5.41) is 9.76. The highest BCUT2D eigenvalue weighted by atomic mass is 16.4. The second-order valence-electron chi connectivity index (χ2n) is 3.91. The zero-order valence-corrected chi connectivity index (χ0v) is 9.03. The standard InChI is InChI=1S/C12H14N2O2/c1-7-12(9(13)6-11(15)16)8-4-2-3-5-10(8)14-7/h2-5,9,14H,6,13H2,1H3,(H,15,16)/t9-/m0/s1. The number of benzene rings is 1. The Hall–Kier alpha value is -1.81. The lowest BCUT2D eigenvalue weighted by Crippen LogP contribution is -2.15. The van der Waals surface area contributed by atoms with Gasteiger partial charge in [0.2, 0.25) is 0 Å². The van der Waals surface area contributed by atoms with Crippen LogP contribution in [0.15, 0.2) is 24.3 Å². The van der Waals surface area contributed by atoms with E-state index in [4.69, 9.17) is 10.8 Å². The Labute approximate surface area is 93.1 Å². The van der Waals surface area contributed by atoms with Crippen LogP contribution < -0.4 is 5.73 Å². The van der Waals surface area contributed by atoms with Crippen molar-refractivity contribution in [3.05, 3.63) is 35.5 Å². The lowest BCUT2D eigenvalue weighted by Gasteiger charge is -2.09. The van der Waals surface area contributed by atoms with Crippen LogP contribution in [0.3, 0.4) is 0 Å². The van der Waals surface area contributed by atoms with Crippen molar-refractivity contribution in [3.8, 4) is 0 Å². The van der Waals surface area contributed by atoms with Crippen molar-refractivity contribution in [3.63, 3.8) is 0 Å². The van der Waals surface area contributed by atoms with Crippen molar-refractivity contribution < 1.29 is 9.90 Å². The largest absolute Gasteiger partial charge is 0.481 e. The van der Waals surface area contributed by atoms with Gasteiger partial charge >= 0.3 is 5.97 Å². The van der Waals surface area contributed by atoms with Gasteiger partial charge in [0.15, 0.2) is 0 Å². The molecule has 1 aromatic heterocycles. The Morgan fingerprint density at radius 1 is 1.50 bits per heavy atom. The van der Waals surface area contributed by atoms with Gasteiger partial charge in [0, 0.05) is 22.6 Å². The molecule has 1 atom stereocenters. The fourth-order valence-electron chi connectivity index (χ4n) is 2.07. The number of aromatic nitrogens is 1. The van der Waals surface area contributed by atoms with Gasteiger partial charge in [-0.2, -0.15) is 0 Å². The van der Waals surface area contributed by atoms with E-state index in [2.05, 4.69) is 4.98 Å². The summed E-state index contributed by atoms with van der Waals surface area (Å²) in [6, 6.07) is 7.31. The maximum absolute atomic E-state index is 10.7. The van der Waals surface area contributed by atoms with E-state index in [1.54, 1.807) is 0 Å². The maximum Gasteiger partial charge on any atom is 0.305 e. The molecule has 2 rings (SSSR count). The number of carboxylic acids is 1. The van der Waals surface area contributed by atoms with Crippen LogP contribution in [-0.4, -0.2) is 16.1 Å². The number of carbonyl (C=O) groups is 1. The monoisotopic (exact) mass is 218 g/mol. The SMILES string of the molecule is Cc1[nH]c2ccccc2c1[C@@H](N)CC(=O)O. The molecular weight excluding hydrogens is 204 g/mol. The lowest BCUT2D eigenvalue weighted by molar-refractivity contribution is -0.137. The molecule has 0 saturated heterocycles. The number of carboxylic acid groups (broad SMARTS) is 1. The first-order valence-corrected chi connectivity index (χ1v) is 5.14. The van der Waals surface area contributed by atoms with E-state index < -0.39 is 12.0 Å². The van der Waals surface area contributed by atoms with Gasteiger partial charge in [0.25, 0.3) is 0 Å². The molecule has 0 aliphatic heterocycles. The van der Waals surface area contributed by atoms with Crippen molar-refractivity contribution in [2.75, 3.05) is 0 Å². The van der Waals surface area contributed by atoms with Crippen molar-refractivity contribution in [2.24, 2.45) is 5.73 Å². The van der Waals surface area contributed by atoms with Gasteiger partial charge in [0.1, 0.15) is 0 Å². The summed E-state index contributed by atoms with van der Waals surface area (Å²) in [5.74, 6) is -0.878. The van der Waals surface area contributed by atoms with Gasteiger partial charge in [-0.25, -0.2) is 0 Å². The van der Waals surface area contributed by atoms with Crippen LogP contribution in [0.4, 0.5) is 0 Å². The molecule has 0 amide bonds. The van der Waals surface area contributed by atoms with E-state index in [1.165, 1.54) is 0 Å². The zero-order chi connectivity index (χ0) is 11.7. The number of aromatic amines is 1. The third-order valence-corrected chi connectivity index (χ3v) is 2.71. The predicted molar refractivity (Wildman–Crippen MR) is 62.2 cm³/mol. The predicted octanol–water partition coefficient (Wildman–Crippen LogP) is 1.95. The minimum atomic E-state index is -0.878. The maximum atomic E-state index is 10.7. The zero-order valence-electron chi connectivity index (χ0n) is 9.03. The van der Waals surface area contributed by atoms with Crippen LogP contribution >= 0.6 is 0 Å². The number of fused-ring (bicyclic) bond motifs is 1. The highest BCUT2D eigenvalue weighted by molar-refractivity contribution is 5.85. The molecule has 4 nitrogen and oxygen atoms in total. The van der Waals surface area contributed by atoms with Crippen LogP contribution in [0.25, 0.3) is 10.9 Å². The first-order chi connectivity index (χ1) is 7.59. The summed E-state index contributed by atoms with van der Waals surface area (Å²) in [6.07, 6.45) is -0.0529. The highest BCUT2D eigenvalue weighted by Gasteiger charge is 2.17. The summed E-state index contributed by atoms with van der Waals surface area (Å²) in [6.45, 7) is 1.91. The quantitative estimate of drug-likeness (QED) is 0.736. The smallest absolute Gasteiger partial charge is 0.305 e. The summed E-state index contributed by atoms with van der Waals surface area (Å²) >= 11 is 0. The normalized spacial score (nSPS) is 12.9. The van der Waals surface area contributed by atoms with Gasteiger partial charge in [0.05, 0.1) is 6.42 Å². The first-order valence-electron chi connectivity index (χ1n) is 5.14. The molecule has 2 aromatic rings. The average Bonchev–Trinajstić information content (AvgIpc) is 2.52. The van der Waals surface area contributed by atoms with Crippen LogP contribution in [0.5, 0.6) is 0 Å². The van der Waals surface area contributed by atoms with Gasteiger partial charge in [-0.3, -0.25) is 4.79 Å². The van der Waals surface area contributed by atoms with Crippen LogP contribution in [-0.2, 0) is 4.79 Å². The van der Waals surface area contributed by atoms with Crippen molar-refractivity contribution in [1.29, 1.82) is 0 Å². The van der Waals surface area contributed by atoms with E-state index in [9.17, 15) is 4.79 Å². The molecule has 16 heavy (non-hydrogen) atoms. The lowest BCUT2D eigenvalue weighted by atomic mass is 10.0. The van der Waals surface area contributed by atoms with Crippen LogP contribution in [0.2, 0.25) is 0 Å². The molecule has 0 aliphatic carbocycles. The highest BCUT2D eigenvalue weighted by Crippen LogP contribution is 2.27. The van der Waals surface area contributed by atoms with E-state index in [0.717, 1.165) is 22.2 Å². The third-order valence-electron chi connectivity index (χ3n) is 2.71. The molecule has 0 aliphatic rings. The number of hydrogen-bond donors (Lipinski definition) is 3. The second kappa shape index (κ2) is 3.98. The molecule has 1 heterocycles. The molecule has 0 saturated carbocycles. The van der Waals surface area contributed by atoms with Gasteiger partial charge in [-0.1, -0.05) is 18.2 Å². The molecule has 0 spiro atoms. The van der Waals surface area contributed by atoms with Crippen molar-refractivity contribution in [2.45, 2.75) is 19.4 Å². The Morgan fingerprint density at radius 3 is 2.88 bits per heavy atom. The Kier molecular flexibility index (Phi) is 2.66. The summed E-state index contributed by atoms with van der Waals surface area (Å²) in [5.41, 5.74) is 8.74. The molecule has 84 valence electrons. The Morgan fingerprint density at radius 2 is 2.19 bits per heavy atom. The molecule has 4 N–H and O–H groups in total. The fraction of sp³-hybridized carbons (Fsp3) is 0.250. The summed E-state index contributed by atoms with van der Waals surface area (Å²) in [7, 11) is 0. The summed E-state index contributed by atoms with van der Waals surface area (Å²) in [4.78, 5) is 13.9. The fourth-order valence-corrected chi connectivity index (χ4v) is 2.07. The number of aryl methyl sites for hydroxylation is 1. The molecule has 4 heteroatoms. The Bertz CT molecular complexity index is 531. The molecular formula is C12H14N2O2. The van der Waals surface area contributed by atoms with Gasteiger partial charge in [-0.05, 0) is 18.6 Å². The number of para-hydroxylation sites is 1. The number of rotatable bonds is 3. The minimum Gasteiger partial charge on any atom is -0.481 e. The molecule has 0 radical (unpaired) electrons. The molecule has 1 aromatic carbocycles. The third kappa shape index (κ3) is 1.79. The van der Waals surface area contributed by atoms with Crippen LogP contribution in [0, 0.1) is 6.92 Å². The van der Waals surface area contributed by atoms with E-state index in [0.29, 0.717) is 0 Å². The number of aliphatic carboxylic acids is 1.